The van der Waals surface area contributed by atoms with Crippen molar-refractivity contribution in [2.75, 3.05) is 11.9 Å². The first-order valence-electron chi connectivity index (χ1n) is 9.03. The standard InChI is InChI=1S/C21H21N3O4S/c1-12-5-4-6-13(2)19(12)24-18(25)10-22-20(26)14(3)28-21(27)15-7-8-16-17(9-15)29-11-23-16/h4-9,11,14H,10H2,1-3H3,(H,22,26)(H,24,25)/t14-/m1/s1. The van der Waals surface area contributed by atoms with Crippen LogP contribution in [0.1, 0.15) is 28.4 Å². The Morgan fingerprint density at radius 1 is 1.14 bits per heavy atom. The molecular formula is C21H21N3O4S. The number of carbonyl (C=O) groups is 3. The van der Waals surface area contributed by atoms with E-state index in [1.165, 1.54) is 18.3 Å². The lowest BCUT2D eigenvalue weighted by molar-refractivity contribution is -0.130. The smallest absolute Gasteiger partial charge is 0.338 e. The zero-order valence-electron chi connectivity index (χ0n) is 16.3. The molecule has 7 nitrogen and oxygen atoms in total. The maximum absolute atomic E-state index is 12.3. The number of benzene rings is 2. The number of nitrogens with zero attached hydrogens (tertiary/aromatic N) is 1. The summed E-state index contributed by atoms with van der Waals surface area (Å²) in [5.41, 5.74) is 5.43. The van der Waals surface area contributed by atoms with Gasteiger partial charge in [-0.15, -0.1) is 11.3 Å². The van der Waals surface area contributed by atoms with Gasteiger partial charge in [0.15, 0.2) is 6.10 Å². The number of para-hydroxylation sites is 1. The molecule has 2 aromatic carbocycles. The predicted molar refractivity (Wildman–Crippen MR) is 112 cm³/mol. The molecule has 1 heterocycles. The molecule has 0 radical (unpaired) electrons. The molecule has 150 valence electrons. The molecule has 0 unspecified atom stereocenters. The Kier molecular flexibility index (Phi) is 6.23. The van der Waals surface area contributed by atoms with E-state index in [0.717, 1.165) is 27.0 Å². The Labute approximate surface area is 172 Å². The number of ether oxygens (including phenoxy) is 1. The molecule has 1 atom stereocenters. The Morgan fingerprint density at radius 2 is 1.86 bits per heavy atom. The number of hydrogen-bond donors (Lipinski definition) is 2. The quantitative estimate of drug-likeness (QED) is 0.607. The average molecular weight is 411 g/mol. The highest BCUT2D eigenvalue weighted by molar-refractivity contribution is 7.16. The van der Waals surface area contributed by atoms with Gasteiger partial charge in [-0.3, -0.25) is 9.59 Å². The minimum absolute atomic E-state index is 0.221. The van der Waals surface area contributed by atoms with E-state index in [2.05, 4.69) is 15.6 Å². The van der Waals surface area contributed by atoms with Crippen LogP contribution >= 0.6 is 11.3 Å². The minimum atomic E-state index is -1.03. The molecule has 29 heavy (non-hydrogen) atoms. The van der Waals surface area contributed by atoms with Crippen molar-refractivity contribution >= 4 is 45.0 Å². The van der Waals surface area contributed by atoms with E-state index in [4.69, 9.17) is 4.74 Å². The third kappa shape index (κ3) is 4.97. The van der Waals surface area contributed by atoms with Crippen LogP contribution in [0.2, 0.25) is 0 Å². The molecule has 0 fully saturated rings. The highest BCUT2D eigenvalue weighted by Gasteiger charge is 2.20. The molecule has 2 N–H and O–H groups in total. The Hall–Kier alpha value is -3.26. The van der Waals surface area contributed by atoms with Crippen LogP contribution in [-0.2, 0) is 14.3 Å². The summed E-state index contributed by atoms with van der Waals surface area (Å²) in [5.74, 6) is -1.51. The van der Waals surface area contributed by atoms with Gasteiger partial charge in [-0.05, 0) is 50.1 Å². The summed E-state index contributed by atoms with van der Waals surface area (Å²) in [6.45, 7) is 5.03. The van der Waals surface area contributed by atoms with Gasteiger partial charge in [-0.1, -0.05) is 18.2 Å². The number of rotatable bonds is 6. The molecule has 0 bridgehead atoms. The molecule has 0 aliphatic carbocycles. The Bertz CT molecular complexity index is 1060. The molecule has 3 rings (SSSR count). The lowest BCUT2D eigenvalue weighted by Gasteiger charge is -2.15. The third-order valence-electron chi connectivity index (χ3n) is 4.39. The van der Waals surface area contributed by atoms with Crippen LogP contribution in [-0.4, -0.2) is 35.4 Å². The average Bonchev–Trinajstić information content (AvgIpc) is 3.16. The van der Waals surface area contributed by atoms with Crippen LogP contribution < -0.4 is 10.6 Å². The summed E-state index contributed by atoms with van der Waals surface area (Å²) in [6.07, 6.45) is -1.03. The van der Waals surface area contributed by atoms with Crippen molar-refractivity contribution in [2.45, 2.75) is 26.9 Å². The summed E-state index contributed by atoms with van der Waals surface area (Å²) < 4.78 is 6.07. The number of aromatic nitrogens is 1. The normalized spacial score (nSPS) is 11.7. The zero-order chi connectivity index (χ0) is 21.0. The lowest BCUT2D eigenvalue weighted by atomic mass is 10.1. The number of fused-ring (bicyclic) bond motifs is 1. The van der Waals surface area contributed by atoms with Gasteiger partial charge in [0, 0.05) is 5.69 Å². The van der Waals surface area contributed by atoms with Crippen molar-refractivity contribution in [3.05, 3.63) is 58.6 Å². The van der Waals surface area contributed by atoms with Gasteiger partial charge in [-0.2, -0.15) is 0 Å². The lowest BCUT2D eigenvalue weighted by Crippen LogP contribution is -2.40. The van der Waals surface area contributed by atoms with E-state index in [1.54, 1.807) is 23.7 Å². The van der Waals surface area contributed by atoms with Crippen molar-refractivity contribution in [2.24, 2.45) is 0 Å². The van der Waals surface area contributed by atoms with E-state index in [0.29, 0.717) is 5.56 Å². The fourth-order valence-corrected chi connectivity index (χ4v) is 3.49. The SMILES string of the molecule is Cc1cccc(C)c1NC(=O)CNC(=O)[C@@H](C)OC(=O)c1ccc2ncsc2c1. The number of nitrogens with one attached hydrogen (secondary N) is 2. The van der Waals surface area contributed by atoms with Crippen LogP contribution in [0.3, 0.4) is 0 Å². The second-order valence-corrected chi connectivity index (χ2v) is 7.50. The molecule has 0 saturated heterocycles. The number of anilines is 1. The van der Waals surface area contributed by atoms with Crippen molar-refractivity contribution in [1.82, 2.24) is 10.3 Å². The van der Waals surface area contributed by atoms with E-state index in [1.807, 2.05) is 32.0 Å². The largest absolute Gasteiger partial charge is 0.449 e. The molecule has 0 aliphatic heterocycles. The summed E-state index contributed by atoms with van der Waals surface area (Å²) in [4.78, 5) is 40.8. The molecule has 0 saturated carbocycles. The van der Waals surface area contributed by atoms with E-state index < -0.39 is 18.0 Å². The van der Waals surface area contributed by atoms with Gasteiger partial charge in [0.1, 0.15) is 0 Å². The molecular weight excluding hydrogens is 390 g/mol. The van der Waals surface area contributed by atoms with Crippen LogP contribution in [0, 0.1) is 13.8 Å². The number of hydrogen-bond acceptors (Lipinski definition) is 6. The Balaban J connectivity index is 1.52. The number of aryl methyl sites for hydroxylation is 2. The molecule has 0 spiro atoms. The second-order valence-electron chi connectivity index (χ2n) is 6.62. The summed E-state index contributed by atoms with van der Waals surface area (Å²) in [5, 5.41) is 5.28. The van der Waals surface area contributed by atoms with Crippen LogP contribution in [0.25, 0.3) is 10.2 Å². The first-order valence-corrected chi connectivity index (χ1v) is 9.91. The van der Waals surface area contributed by atoms with Gasteiger partial charge in [0.2, 0.25) is 5.91 Å². The monoisotopic (exact) mass is 411 g/mol. The maximum Gasteiger partial charge on any atom is 0.338 e. The zero-order valence-corrected chi connectivity index (χ0v) is 17.1. The van der Waals surface area contributed by atoms with E-state index >= 15 is 0 Å². The fourth-order valence-electron chi connectivity index (χ4n) is 2.77. The first-order chi connectivity index (χ1) is 13.8. The van der Waals surface area contributed by atoms with E-state index in [-0.39, 0.29) is 12.5 Å². The van der Waals surface area contributed by atoms with Crippen molar-refractivity contribution < 1.29 is 19.1 Å². The Morgan fingerprint density at radius 3 is 2.59 bits per heavy atom. The summed E-state index contributed by atoms with van der Waals surface area (Å²) in [7, 11) is 0. The van der Waals surface area contributed by atoms with Crippen LogP contribution in [0.5, 0.6) is 0 Å². The number of carbonyl (C=O) groups excluding carboxylic acids is 3. The van der Waals surface area contributed by atoms with E-state index in [9.17, 15) is 14.4 Å². The highest BCUT2D eigenvalue weighted by Crippen LogP contribution is 2.20. The molecule has 3 aromatic rings. The topological polar surface area (TPSA) is 97.4 Å². The number of amides is 2. The molecule has 8 heteroatoms. The van der Waals surface area contributed by atoms with Crippen LogP contribution in [0.4, 0.5) is 5.69 Å². The van der Waals surface area contributed by atoms with Crippen molar-refractivity contribution in [3.63, 3.8) is 0 Å². The van der Waals surface area contributed by atoms with Gasteiger partial charge in [0.05, 0.1) is 27.8 Å². The molecule has 0 aliphatic rings. The van der Waals surface area contributed by atoms with Crippen molar-refractivity contribution in [3.8, 4) is 0 Å². The first kappa shape index (κ1) is 20.5. The maximum atomic E-state index is 12.3. The van der Waals surface area contributed by atoms with Gasteiger partial charge in [0.25, 0.3) is 5.91 Å². The number of esters is 1. The number of thiazole rings is 1. The van der Waals surface area contributed by atoms with Gasteiger partial charge in [-0.25, -0.2) is 9.78 Å². The van der Waals surface area contributed by atoms with Crippen molar-refractivity contribution in [1.29, 1.82) is 0 Å². The minimum Gasteiger partial charge on any atom is -0.449 e. The molecule has 1 aromatic heterocycles. The van der Waals surface area contributed by atoms with Crippen LogP contribution in [0.15, 0.2) is 41.9 Å². The fraction of sp³-hybridized carbons (Fsp3) is 0.238. The highest BCUT2D eigenvalue weighted by atomic mass is 32.1. The summed E-state index contributed by atoms with van der Waals surface area (Å²) in [6, 6.07) is 10.7. The van der Waals surface area contributed by atoms with Gasteiger partial charge < -0.3 is 15.4 Å². The predicted octanol–water partition coefficient (Wildman–Crippen LogP) is 3.21. The molecule has 2 amide bonds. The van der Waals surface area contributed by atoms with Gasteiger partial charge >= 0.3 is 5.97 Å². The second kappa shape index (κ2) is 8.83. The third-order valence-corrected chi connectivity index (χ3v) is 5.18. The summed E-state index contributed by atoms with van der Waals surface area (Å²) >= 11 is 1.42.